The molecule has 0 saturated heterocycles. The van der Waals surface area contributed by atoms with E-state index in [1.54, 1.807) is 7.11 Å². The van der Waals surface area contributed by atoms with Crippen LogP contribution in [0.25, 0.3) is 0 Å². The minimum Gasteiger partial charge on any atom is -0.495 e. The van der Waals surface area contributed by atoms with Crippen LogP contribution in [-0.4, -0.2) is 14.2 Å². The minimum absolute atomic E-state index is 0. The predicted octanol–water partition coefficient (Wildman–Crippen LogP) is 1.42. The molecule has 0 spiro atoms. The third kappa shape index (κ3) is 3.13. The normalized spacial score (nSPS) is 9.08. The average molecular weight is 203 g/mol. The fourth-order valence-corrected chi connectivity index (χ4v) is 1.10. The summed E-state index contributed by atoms with van der Waals surface area (Å²) in [5.41, 5.74) is 7.56. The molecule has 0 radical (unpaired) electrons. The number of anilines is 1. The Balaban J connectivity index is 0.00000144. The summed E-state index contributed by atoms with van der Waals surface area (Å²) in [7, 11) is 3.52. The molecule has 4 heteroatoms. The number of ether oxygens (including phenoxy) is 1. The van der Waals surface area contributed by atoms with Crippen molar-refractivity contribution >= 4 is 18.1 Å². The Kier molecular flexibility index (Phi) is 5.26. The highest BCUT2D eigenvalue weighted by Gasteiger charge is 1.98. The van der Waals surface area contributed by atoms with Gasteiger partial charge in [0.1, 0.15) is 5.75 Å². The largest absolute Gasteiger partial charge is 0.495 e. The summed E-state index contributed by atoms with van der Waals surface area (Å²) in [6.45, 7) is 0.828. The second-order valence-corrected chi connectivity index (χ2v) is 2.61. The maximum atomic E-state index is 5.71. The zero-order valence-corrected chi connectivity index (χ0v) is 8.65. The fourth-order valence-electron chi connectivity index (χ4n) is 1.10. The summed E-state index contributed by atoms with van der Waals surface area (Å²) in [6, 6.07) is 5.78. The number of hydrogen-bond donors (Lipinski definition) is 2. The lowest BCUT2D eigenvalue weighted by molar-refractivity contribution is 0.417. The second-order valence-electron chi connectivity index (χ2n) is 2.61. The van der Waals surface area contributed by atoms with E-state index in [2.05, 4.69) is 5.32 Å². The molecule has 0 aliphatic rings. The number of benzene rings is 1. The lowest BCUT2D eigenvalue weighted by atomic mass is 10.2. The van der Waals surface area contributed by atoms with E-state index >= 15 is 0 Å². The van der Waals surface area contributed by atoms with E-state index in [-0.39, 0.29) is 12.4 Å². The zero-order chi connectivity index (χ0) is 8.97. The number of rotatable bonds is 3. The van der Waals surface area contributed by atoms with Crippen molar-refractivity contribution in [3.05, 3.63) is 23.8 Å². The van der Waals surface area contributed by atoms with Crippen molar-refractivity contribution in [2.45, 2.75) is 6.54 Å². The van der Waals surface area contributed by atoms with Gasteiger partial charge >= 0.3 is 0 Å². The van der Waals surface area contributed by atoms with Gasteiger partial charge in [0.05, 0.1) is 12.8 Å². The van der Waals surface area contributed by atoms with Gasteiger partial charge in [-0.1, -0.05) is 6.07 Å². The Bertz CT molecular complexity index is 266. The van der Waals surface area contributed by atoms with Crippen molar-refractivity contribution in [2.24, 2.45) is 0 Å². The van der Waals surface area contributed by atoms with Crippen LogP contribution in [0.4, 0.5) is 5.69 Å². The lowest BCUT2D eigenvalue weighted by Crippen LogP contribution is -2.05. The van der Waals surface area contributed by atoms with Gasteiger partial charge in [0.25, 0.3) is 0 Å². The van der Waals surface area contributed by atoms with Crippen LogP contribution in [0.1, 0.15) is 5.56 Å². The Morgan fingerprint density at radius 3 is 2.62 bits per heavy atom. The molecule has 0 heterocycles. The molecule has 0 aromatic heterocycles. The summed E-state index contributed by atoms with van der Waals surface area (Å²) in [6.07, 6.45) is 0. The number of halogens is 1. The first kappa shape index (κ1) is 12.1. The van der Waals surface area contributed by atoms with Gasteiger partial charge in [-0.05, 0) is 24.7 Å². The second kappa shape index (κ2) is 5.67. The highest BCUT2D eigenvalue weighted by atomic mass is 35.5. The van der Waals surface area contributed by atoms with Crippen LogP contribution >= 0.6 is 12.4 Å². The summed E-state index contributed by atoms with van der Waals surface area (Å²) >= 11 is 0. The van der Waals surface area contributed by atoms with Crippen LogP contribution in [0.15, 0.2) is 18.2 Å². The maximum Gasteiger partial charge on any atom is 0.141 e. The van der Waals surface area contributed by atoms with E-state index in [0.717, 1.165) is 17.9 Å². The van der Waals surface area contributed by atoms with Gasteiger partial charge in [-0.15, -0.1) is 12.4 Å². The Hall–Kier alpha value is -0.930. The highest BCUT2D eigenvalue weighted by molar-refractivity contribution is 5.85. The Morgan fingerprint density at radius 2 is 2.15 bits per heavy atom. The summed E-state index contributed by atoms with van der Waals surface area (Å²) in [5, 5.41) is 3.05. The monoisotopic (exact) mass is 202 g/mol. The SMILES string of the molecule is CNCc1ccc(OC)c(N)c1.Cl. The van der Waals surface area contributed by atoms with Crippen molar-refractivity contribution in [2.75, 3.05) is 19.9 Å². The molecular formula is C9H15ClN2O. The van der Waals surface area contributed by atoms with E-state index < -0.39 is 0 Å². The van der Waals surface area contributed by atoms with Crippen molar-refractivity contribution in [3.8, 4) is 5.75 Å². The van der Waals surface area contributed by atoms with Crippen LogP contribution in [0.2, 0.25) is 0 Å². The van der Waals surface area contributed by atoms with Gasteiger partial charge in [-0.25, -0.2) is 0 Å². The van der Waals surface area contributed by atoms with E-state index in [1.165, 1.54) is 0 Å². The van der Waals surface area contributed by atoms with Crippen LogP contribution in [0, 0.1) is 0 Å². The summed E-state index contributed by atoms with van der Waals surface area (Å²) in [4.78, 5) is 0. The van der Waals surface area contributed by atoms with E-state index in [1.807, 2.05) is 25.2 Å². The first-order valence-corrected chi connectivity index (χ1v) is 3.85. The van der Waals surface area contributed by atoms with Gasteiger partial charge in [0.15, 0.2) is 0 Å². The Morgan fingerprint density at radius 1 is 1.46 bits per heavy atom. The molecule has 0 aliphatic carbocycles. The van der Waals surface area contributed by atoms with Gasteiger partial charge < -0.3 is 15.8 Å². The topological polar surface area (TPSA) is 47.3 Å². The van der Waals surface area contributed by atoms with E-state index in [9.17, 15) is 0 Å². The quantitative estimate of drug-likeness (QED) is 0.729. The van der Waals surface area contributed by atoms with Gasteiger partial charge in [0.2, 0.25) is 0 Å². The van der Waals surface area contributed by atoms with E-state index in [0.29, 0.717) is 5.69 Å². The molecule has 0 bridgehead atoms. The number of methoxy groups -OCH3 is 1. The molecule has 1 rings (SSSR count). The number of nitrogens with one attached hydrogen (secondary N) is 1. The molecule has 0 unspecified atom stereocenters. The standard InChI is InChI=1S/C9H14N2O.ClH/c1-11-6-7-3-4-9(12-2)8(10)5-7;/h3-5,11H,6,10H2,1-2H3;1H. The number of hydrogen-bond acceptors (Lipinski definition) is 3. The summed E-state index contributed by atoms with van der Waals surface area (Å²) < 4.78 is 5.03. The lowest BCUT2D eigenvalue weighted by Gasteiger charge is -2.06. The molecule has 74 valence electrons. The fraction of sp³-hybridized carbons (Fsp3) is 0.333. The van der Waals surface area contributed by atoms with Crippen LogP contribution in [0.3, 0.4) is 0 Å². The molecule has 0 atom stereocenters. The molecular weight excluding hydrogens is 188 g/mol. The van der Waals surface area contributed by atoms with Crippen LogP contribution < -0.4 is 15.8 Å². The molecule has 3 nitrogen and oxygen atoms in total. The van der Waals surface area contributed by atoms with Crippen LogP contribution in [-0.2, 0) is 6.54 Å². The Labute approximate surface area is 84.7 Å². The van der Waals surface area contributed by atoms with Crippen molar-refractivity contribution < 1.29 is 4.74 Å². The third-order valence-corrected chi connectivity index (χ3v) is 1.68. The molecule has 1 aromatic carbocycles. The van der Waals surface area contributed by atoms with Crippen molar-refractivity contribution in [1.29, 1.82) is 0 Å². The smallest absolute Gasteiger partial charge is 0.141 e. The molecule has 3 N–H and O–H groups in total. The first-order chi connectivity index (χ1) is 5.77. The zero-order valence-electron chi connectivity index (χ0n) is 7.83. The molecule has 0 aliphatic heterocycles. The highest BCUT2D eigenvalue weighted by Crippen LogP contribution is 2.21. The summed E-state index contributed by atoms with van der Waals surface area (Å²) in [5.74, 6) is 0.731. The third-order valence-electron chi connectivity index (χ3n) is 1.68. The van der Waals surface area contributed by atoms with Crippen molar-refractivity contribution in [3.63, 3.8) is 0 Å². The van der Waals surface area contributed by atoms with Gasteiger partial charge in [-0.2, -0.15) is 0 Å². The predicted molar refractivity (Wildman–Crippen MR) is 57.4 cm³/mol. The number of nitrogens with two attached hydrogens (primary N) is 1. The van der Waals surface area contributed by atoms with Gasteiger partial charge in [0, 0.05) is 6.54 Å². The first-order valence-electron chi connectivity index (χ1n) is 3.85. The average Bonchev–Trinajstić information content (AvgIpc) is 2.05. The maximum absolute atomic E-state index is 5.71. The van der Waals surface area contributed by atoms with Crippen LogP contribution in [0.5, 0.6) is 5.75 Å². The molecule has 13 heavy (non-hydrogen) atoms. The number of nitrogen functional groups attached to an aromatic ring is 1. The van der Waals surface area contributed by atoms with E-state index in [4.69, 9.17) is 10.5 Å². The molecule has 0 saturated carbocycles. The minimum atomic E-state index is 0. The van der Waals surface area contributed by atoms with Gasteiger partial charge in [-0.3, -0.25) is 0 Å². The molecule has 0 amide bonds. The molecule has 0 fully saturated rings. The van der Waals surface area contributed by atoms with Crippen molar-refractivity contribution in [1.82, 2.24) is 5.32 Å². The molecule has 1 aromatic rings.